The van der Waals surface area contributed by atoms with Gasteiger partial charge in [0.15, 0.2) is 5.96 Å². The second-order valence-corrected chi connectivity index (χ2v) is 8.28. The van der Waals surface area contributed by atoms with E-state index < -0.39 is 10.0 Å². The van der Waals surface area contributed by atoms with Gasteiger partial charge in [0.2, 0.25) is 10.0 Å². The number of halogens is 1. The average molecular weight is 510 g/mol. The molecule has 0 heterocycles. The van der Waals surface area contributed by atoms with Crippen LogP contribution in [0.4, 0.5) is 0 Å². The Labute approximate surface area is 179 Å². The molecule has 0 bridgehead atoms. The number of nitrogens with one attached hydrogen (secondary N) is 3. The van der Waals surface area contributed by atoms with Crippen LogP contribution in [0.3, 0.4) is 0 Å². The van der Waals surface area contributed by atoms with E-state index in [1.165, 1.54) is 6.42 Å². The molecule has 1 aromatic rings. The Kier molecular flexibility index (Phi) is 11.0. The topological polar surface area (TPSA) is 91.8 Å². The number of benzene rings is 1. The molecule has 9 heteroatoms. The minimum absolute atomic E-state index is 0. The summed E-state index contributed by atoms with van der Waals surface area (Å²) < 4.78 is 32.3. The van der Waals surface area contributed by atoms with E-state index in [2.05, 4.69) is 20.3 Å². The molecule has 1 fully saturated rings. The molecule has 2 rings (SSSR count). The average Bonchev–Trinajstić information content (AvgIpc) is 2.57. The highest BCUT2D eigenvalue weighted by molar-refractivity contribution is 14.0. The predicted octanol–water partition coefficient (Wildman–Crippen LogP) is 2.09. The Balaban J connectivity index is 0.00000364. The van der Waals surface area contributed by atoms with Crippen molar-refractivity contribution in [2.24, 2.45) is 10.9 Å². The third-order valence-electron chi connectivity index (χ3n) is 4.42. The molecule has 1 aliphatic rings. The summed E-state index contributed by atoms with van der Waals surface area (Å²) in [5, 5.41) is 6.22. The first-order chi connectivity index (χ1) is 12.5. The van der Waals surface area contributed by atoms with Crippen molar-refractivity contribution in [3.05, 3.63) is 29.8 Å². The van der Waals surface area contributed by atoms with E-state index in [-0.39, 0.29) is 29.7 Å². The zero-order valence-corrected chi connectivity index (χ0v) is 19.2. The van der Waals surface area contributed by atoms with E-state index in [1.807, 2.05) is 31.2 Å². The molecule has 7 nitrogen and oxygen atoms in total. The lowest BCUT2D eigenvalue weighted by atomic mass is 9.86. The molecule has 0 radical (unpaired) electrons. The standard InChI is InChI=1S/C18H30N4O3S.HI/c1-3-25-17-10-5-4-9-16(17)14-21-18(19-2)20-11-12-26(23,24)22-13-15-7-6-8-15;/h4-5,9-10,15,22H,3,6-8,11-14H2,1-2H3,(H2,19,20,21);1H. The first-order valence-electron chi connectivity index (χ1n) is 9.16. The first-order valence-corrected chi connectivity index (χ1v) is 10.8. The molecular formula is C18H31IN4O3S. The summed E-state index contributed by atoms with van der Waals surface area (Å²) in [6.07, 6.45) is 3.46. The molecule has 0 spiro atoms. The Bertz CT molecular complexity index is 694. The van der Waals surface area contributed by atoms with Gasteiger partial charge in [-0.3, -0.25) is 4.99 Å². The maximum Gasteiger partial charge on any atom is 0.213 e. The predicted molar refractivity (Wildman–Crippen MR) is 120 cm³/mol. The van der Waals surface area contributed by atoms with Crippen LogP contribution in [0.5, 0.6) is 5.75 Å². The lowest BCUT2D eigenvalue weighted by Crippen LogP contribution is -2.41. The van der Waals surface area contributed by atoms with Crippen molar-refractivity contribution in [3.8, 4) is 5.75 Å². The van der Waals surface area contributed by atoms with E-state index in [0.29, 0.717) is 38.1 Å². The van der Waals surface area contributed by atoms with E-state index in [9.17, 15) is 8.42 Å². The molecule has 27 heavy (non-hydrogen) atoms. The van der Waals surface area contributed by atoms with Gasteiger partial charge >= 0.3 is 0 Å². The van der Waals surface area contributed by atoms with E-state index in [4.69, 9.17) is 4.74 Å². The molecular weight excluding hydrogens is 479 g/mol. The SMILES string of the molecule is CCOc1ccccc1CNC(=NC)NCCS(=O)(=O)NCC1CCC1.I. The highest BCUT2D eigenvalue weighted by Gasteiger charge is 2.20. The fourth-order valence-electron chi connectivity index (χ4n) is 2.66. The Morgan fingerprint density at radius 3 is 2.63 bits per heavy atom. The highest BCUT2D eigenvalue weighted by atomic mass is 127. The maximum absolute atomic E-state index is 12.0. The van der Waals surface area contributed by atoms with Gasteiger partial charge in [-0.25, -0.2) is 13.1 Å². The molecule has 1 saturated carbocycles. The molecule has 0 aromatic heterocycles. The minimum atomic E-state index is -3.25. The Morgan fingerprint density at radius 2 is 2.00 bits per heavy atom. The van der Waals surface area contributed by atoms with Crippen LogP contribution in [0.15, 0.2) is 29.3 Å². The monoisotopic (exact) mass is 510 g/mol. The zero-order chi connectivity index (χ0) is 18.8. The summed E-state index contributed by atoms with van der Waals surface area (Å²) in [6, 6.07) is 7.80. The molecule has 0 saturated heterocycles. The van der Waals surface area contributed by atoms with Crippen LogP contribution in [0.2, 0.25) is 0 Å². The smallest absolute Gasteiger partial charge is 0.213 e. The normalized spacial score (nSPS) is 14.8. The Morgan fingerprint density at radius 1 is 1.26 bits per heavy atom. The van der Waals surface area contributed by atoms with Crippen LogP contribution in [0.1, 0.15) is 31.7 Å². The van der Waals surface area contributed by atoms with Gasteiger partial charge in [0.1, 0.15) is 5.75 Å². The number of hydrogen-bond donors (Lipinski definition) is 3. The van der Waals surface area contributed by atoms with Gasteiger partial charge < -0.3 is 15.4 Å². The summed E-state index contributed by atoms with van der Waals surface area (Å²) in [5.41, 5.74) is 1.02. The van der Waals surface area contributed by atoms with Gasteiger partial charge in [0, 0.05) is 32.2 Å². The number of aliphatic imine (C=N–C) groups is 1. The van der Waals surface area contributed by atoms with E-state index in [0.717, 1.165) is 24.2 Å². The zero-order valence-electron chi connectivity index (χ0n) is 16.0. The molecule has 3 N–H and O–H groups in total. The third kappa shape index (κ3) is 8.65. The number of nitrogens with zero attached hydrogens (tertiary/aromatic N) is 1. The quantitative estimate of drug-likeness (QED) is 0.255. The van der Waals surface area contributed by atoms with Crippen molar-refractivity contribution in [1.29, 1.82) is 0 Å². The van der Waals surface area contributed by atoms with Gasteiger partial charge in [0.05, 0.1) is 12.4 Å². The number of ether oxygens (including phenoxy) is 1. The van der Waals surface area contributed by atoms with Crippen LogP contribution >= 0.6 is 24.0 Å². The van der Waals surface area contributed by atoms with Crippen molar-refractivity contribution in [3.63, 3.8) is 0 Å². The second kappa shape index (κ2) is 12.4. The van der Waals surface area contributed by atoms with Crippen molar-refractivity contribution >= 4 is 40.0 Å². The lowest BCUT2D eigenvalue weighted by molar-refractivity contribution is 0.316. The third-order valence-corrected chi connectivity index (χ3v) is 5.77. The fraction of sp³-hybridized carbons (Fsp3) is 0.611. The molecule has 0 amide bonds. The van der Waals surface area contributed by atoms with Crippen LogP contribution < -0.4 is 20.1 Å². The lowest BCUT2D eigenvalue weighted by Gasteiger charge is -2.25. The van der Waals surface area contributed by atoms with Gasteiger partial charge in [0.25, 0.3) is 0 Å². The van der Waals surface area contributed by atoms with Crippen LogP contribution in [0, 0.1) is 5.92 Å². The molecule has 0 unspecified atom stereocenters. The van der Waals surface area contributed by atoms with Crippen molar-refractivity contribution in [2.75, 3.05) is 32.5 Å². The van der Waals surface area contributed by atoms with Crippen molar-refractivity contribution in [1.82, 2.24) is 15.4 Å². The van der Waals surface area contributed by atoms with Crippen LogP contribution in [-0.4, -0.2) is 46.9 Å². The fourth-order valence-corrected chi connectivity index (χ4v) is 3.67. The second-order valence-electron chi connectivity index (χ2n) is 6.36. The van der Waals surface area contributed by atoms with Crippen molar-refractivity contribution in [2.45, 2.75) is 32.7 Å². The molecule has 0 aliphatic heterocycles. The van der Waals surface area contributed by atoms with E-state index in [1.54, 1.807) is 7.05 Å². The molecule has 1 aliphatic carbocycles. The summed E-state index contributed by atoms with van der Waals surface area (Å²) >= 11 is 0. The summed E-state index contributed by atoms with van der Waals surface area (Å²) in [7, 11) is -1.59. The number of guanidine groups is 1. The van der Waals surface area contributed by atoms with Crippen LogP contribution in [0.25, 0.3) is 0 Å². The highest BCUT2D eigenvalue weighted by Crippen LogP contribution is 2.25. The summed E-state index contributed by atoms with van der Waals surface area (Å²) in [6.45, 7) is 3.96. The number of sulfonamides is 1. The molecule has 0 atom stereocenters. The van der Waals surface area contributed by atoms with Crippen LogP contribution in [-0.2, 0) is 16.6 Å². The minimum Gasteiger partial charge on any atom is -0.494 e. The van der Waals surface area contributed by atoms with Gasteiger partial charge in [-0.2, -0.15) is 0 Å². The number of rotatable bonds is 10. The number of para-hydroxylation sites is 1. The Hall–Kier alpha value is -1.07. The largest absolute Gasteiger partial charge is 0.494 e. The van der Waals surface area contributed by atoms with Gasteiger partial charge in [-0.05, 0) is 31.7 Å². The van der Waals surface area contributed by atoms with Gasteiger partial charge in [-0.15, -0.1) is 24.0 Å². The van der Waals surface area contributed by atoms with Crippen molar-refractivity contribution < 1.29 is 13.2 Å². The summed E-state index contributed by atoms with van der Waals surface area (Å²) in [4.78, 5) is 4.13. The summed E-state index contributed by atoms with van der Waals surface area (Å²) in [5.74, 6) is 1.93. The van der Waals surface area contributed by atoms with E-state index >= 15 is 0 Å². The maximum atomic E-state index is 12.0. The number of hydrogen-bond acceptors (Lipinski definition) is 4. The molecule has 1 aromatic carbocycles. The van der Waals surface area contributed by atoms with Gasteiger partial charge in [-0.1, -0.05) is 24.6 Å². The molecule has 154 valence electrons. The first kappa shape index (κ1) is 24.0.